The molecule has 2 saturated carbocycles. The van der Waals surface area contributed by atoms with Crippen molar-refractivity contribution in [3.63, 3.8) is 0 Å². The Morgan fingerprint density at radius 1 is 1.20 bits per heavy atom. The van der Waals surface area contributed by atoms with Crippen LogP contribution in [0.2, 0.25) is 0 Å². The summed E-state index contributed by atoms with van der Waals surface area (Å²) in [6.07, 6.45) is 5.64. The molecule has 0 radical (unpaired) electrons. The van der Waals surface area contributed by atoms with Gasteiger partial charge in [0.2, 0.25) is 0 Å². The van der Waals surface area contributed by atoms with Crippen molar-refractivity contribution in [2.45, 2.75) is 63.3 Å². The van der Waals surface area contributed by atoms with Crippen LogP contribution in [0.15, 0.2) is 18.2 Å². The fourth-order valence-corrected chi connectivity index (χ4v) is 2.72. The molecule has 0 aromatic heterocycles. The minimum atomic E-state index is -0.405. The third kappa shape index (κ3) is 3.49. The highest BCUT2D eigenvalue weighted by atomic mass is 19.1. The molecule has 1 aromatic carbocycles. The Bertz CT molecular complexity index is 462. The van der Waals surface area contributed by atoms with E-state index in [1.807, 2.05) is 0 Å². The van der Waals surface area contributed by atoms with E-state index < -0.39 is 6.10 Å². The first kappa shape index (κ1) is 13.8. The van der Waals surface area contributed by atoms with Crippen LogP contribution in [0.5, 0.6) is 5.75 Å². The number of ether oxygens (including phenoxy) is 1. The summed E-state index contributed by atoms with van der Waals surface area (Å²) in [5.41, 5.74) is 0.842. The first-order valence-electron chi connectivity index (χ1n) is 7.59. The Morgan fingerprint density at radius 2 is 2.00 bits per heavy atom. The van der Waals surface area contributed by atoms with E-state index in [9.17, 15) is 9.50 Å². The summed E-state index contributed by atoms with van der Waals surface area (Å²) in [4.78, 5) is 0. The third-order valence-electron chi connectivity index (χ3n) is 4.13. The minimum Gasteiger partial charge on any atom is -0.487 e. The molecule has 20 heavy (non-hydrogen) atoms. The van der Waals surface area contributed by atoms with Crippen molar-refractivity contribution in [3.8, 4) is 5.75 Å². The van der Waals surface area contributed by atoms with Crippen LogP contribution in [0.4, 0.5) is 4.39 Å². The van der Waals surface area contributed by atoms with Gasteiger partial charge in [-0.1, -0.05) is 6.42 Å². The molecule has 0 heterocycles. The molecule has 0 amide bonds. The zero-order chi connectivity index (χ0) is 13.9. The summed E-state index contributed by atoms with van der Waals surface area (Å²) < 4.78 is 19.4. The lowest BCUT2D eigenvalue weighted by Gasteiger charge is -2.29. The summed E-state index contributed by atoms with van der Waals surface area (Å²) in [6.45, 7) is 0.626. The molecule has 2 aliphatic carbocycles. The van der Waals surface area contributed by atoms with Gasteiger partial charge >= 0.3 is 0 Å². The van der Waals surface area contributed by atoms with Crippen molar-refractivity contribution in [3.05, 3.63) is 29.6 Å². The highest BCUT2D eigenvalue weighted by Gasteiger charge is 2.26. The van der Waals surface area contributed by atoms with Crippen LogP contribution < -0.4 is 10.1 Å². The second-order valence-electron chi connectivity index (χ2n) is 5.92. The molecule has 1 aromatic rings. The van der Waals surface area contributed by atoms with Gasteiger partial charge in [0, 0.05) is 18.2 Å². The molecule has 0 saturated heterocycles. The number of halogens is 1. The molecule has 0 aliphatic heterocycles. The zero-order valence-electron chi connectivity index (χ0n) is 11.6. The summed E-state index contributed by atoms with van der Waals surface area (Å²) in [7, 11) is 0. The fourth-order valence-electron chi connectivity index (χ4n) is 2.72. The first-order valence-corrected chi connectivity index (χ1v) is 7.59. The average Bonchev–Trinajstić information content (AvgIpc) is 3.25. The van der Waals surface area contributed by atoms with Crippen molar-refractivity contribution >= 4 is 0 Å². The van der Waals surface area contributed by atoms with Crippen LogP contribution in [0.25, 0.3) is 0 Å². The van der Waals surface area contributed by atoms with E-state index >= 15 is 0 Å². The Balaban J connectivity index is 1.69. The molecular weight excluding hydrogens is 257 g/mol. The van der Waals surface area contributed by atoms with Gasteiger partial charge in [-0.15, -0.1) is 0 Å². The standard InChI is InChI=1S/C16H22FNO2/c17-12-5-8-15(11(9-12)10-18-13-6-7-13)20-16-4-2-1-3-14(16)19/h5,8-9,13-14,16,18-19H,1-4,6-7,10H2. The van der Waals surface area contributed by atoms with Crippen LogP contribution >= 0.6 is 0 Å². The zero-order valence-corrected chi connectivity index (χ0v) is 11.6. The Labute approximate surface area is 119 Å². The van der Waals surface area contributed by atoms with E-state index in [-0.39, 0.29) is 11.9 Å². The topological polar surface area (TPSA) is 41.5 Å². The van der Waals surface area contributed by atoms with E-state index in [0.29, 0.717) is 18.3 Å². The molecule has 4 heteroatoms. The predicted octanol–water partition coefficient (Wildman–Crippen LogP) is 2.76. The molecule has 3 nitrogen and oxygen atoms in total. The van der Waals surface area contributed by atoms with Gasteiger partial charge in [-0.05, 0) is 50.3 Å². The van der Waals surface area contributed by atoms with Gasteiger partial charge in [0.15, 0.2) is 0 Å². The molecule has 3 rings (SSSR count). The summed E-state index contributed by atoms with van der Waals surface area (Å²) in [6, 6.07) is 5.21. The molecule has 0 spiro atoms. The molecule has 2 unspecified atom stereocenters. The van der Waals surface area contributed by atoms with E-state index in [4.69, 9.17) is 4.74 Å². The number of aliphatic hydroxyl groups excluding tert-OH is 1. The lowest BCUT2D eigenvalue weighted by molar-refractivity contribution is 0.00632. The normalized spacial score (nSPS) is 26.5. The lowest BCUT2D eigenvalue weighted by Crippen LogP contribution is -2.35. The quantitative estimate of drug-likeness (QED) is 0.871. The largest absolute Gasteiger partial charge is 0.487 e. The molecule has 2 N–H and O–H groups in total. The van der Waals surface area contributed by atoms with E-state index in [1.54, 1.807) is 6.07 Å². The Kier molecular flexibility index (Phi) is 4.22. The SMILES string of the molecule is OC1CCCCC1Oc1ccc(F)cc1CNC1CC1. The number of aliphatic hydroxyl groups is 1. The maximum atomic E-state index is 13.4. The molecule has 2 fully saturated rings. The molecular formula is C16H22FNO2. The van der Waals surface area contributed by atoms with E-state index in [2.05, 4.69) is 5.32 Å². The van der Waals surface area contributed by atoms with Gasteiger partial charge in [-0.2, -0.15) is 0 Å². The molecule has 110 valence electrons. The van der Waals surface area contributed by atoms with Crippen LogP contribution in [-0.4, -0.2) is 23.4 Å². The Morgan fingerprint density at radius 3 is 2.75 bits per heavy atom. The van der Waals surface area contributed by atoms with Crippen LogP contribution in [0.1, 0.15) is 44.1 Å². The van der Waals surface area contributed by atoms with Crippen LogP contribution in [0, 0.1) is 5.82 Å². The van der Waals surface area contributed by atoms with Gasteiger partial charge in [0.25, 0.3) is 0 Å². The molecule has 0 bridgehead atoms. The monoisotopic (exact) mass is 279 g/mol. The van der Waals surface area contributed by atoms with Gasteiger partial charge in [-0.25, -0.2) is 4.39 Å². The highest BCUT2D eigenvalue weighted by molar-refractivity contribution is 5.34. The summed E-state index contributed by atoms with van der Waals surface area (Å²) >= 11 is 0. The van der Waals surface area contributed by atoms with E-state index in [1.165, 1.54) is 25.0 Å². The minimum absolute atomic E-state index is 0.158. The molecule has 2 aliphatic rings. The van der Waals surface area contributed by atoms with Crippen molar-refractivity contribution < 1.29 is 14.2 Å². The smallest absolute Gasteiger partial charge is 0.124 e. The Hall–Kier alpha value is -1.13. The van der Waals surface area contributed by atoms with Crippen LogP contribution in [-0.2, 0) is 6.54 Å². The average molecular weight is 279 g/mol. The van der Waals surface area contributed by atoms with Crippen LogP contribution in [0.3, 0.4) is 0 Å². The van der Waals surface area contributed by atoms with Gasteiger partial charge < -0.3 is 15.2 Å². The summed E-state index contributed by atoms with van der Waals surface area (Å²) in [5.74, 6) is 0.458. The maximum Gasteiger partial charge on any atom is 0.124 e. The van der Waals surface area contributed by atoms with Crippen molar-refractivity contribution in [1.82, 2.24) is 5.32 Å². The van der Waals surface area contributed by atoms with Gasteiger partial charge in [0.1, 0.15) is 17.7 Å². The summed E-state index contributed by atoms with van der Waals surface area (Å²) in [5, 5.41) is 13.4. The highest BCUT2D eigenvalue weighted by Crippen LogP contribution is 2.28. The maximum absolute atomic E-state index is 13.4. The van der Waals surface area contributed by atoms with Crippen molar-refractivity contribution in [2.75, 3.05) is 0 Å². The van der Waals surface area contributed by atoms with Gasteiger partial charge in [-0.3, -0.25) is 0 Å². The number of hydrogen-bond donors (Lipinski definition) is 2. The number of rotatable bonds is 5. The second kappa shape index (κ2) is 6.10. The first-order chi connectivity index (χ1) is 9.72. The number of nitrogens with one attached hydrogen (secondary N) is 1. The number of hydrogen-bond acceptors (Lipinski definition) is 3. The van der Waals surface area contributed by atoms with Crippen molar-refractivity contribution in [2.24, 2.45) is 0 Å². The fraction of sp³-hybridized carbons (Fsp3) is 0.625. The second-order valence-corrected chi connectivity index (χ2v) is 5.92. The third-order valence-corrected chi connectivity index (χ3v) is 4.13. The number of benzene rings is 1. The lowest BCUT2D eigenvalue weighted by atomic mass is 9.95. The molecule has 2 atom stereocenters. The predicted molar refractivity (Wildman–Crippen MR) is 75.2 cm³/mol. The van der Waals surface area contributed by atoms with Gasteiger partial charge in [0.05, 0.1) is 6.10 Å². The van der Waals surface area contributed by atoms with Crippen molar-refractivity contribution in [1.29, 1.82) is 0 Å². The van der Waals surface area contributed by atoms with E-state index in [0.717, 1.165) is 31.2 Å².